The summed E-state index contributed by atoms with van der Waals surface area (Å²) in [7, 11) is 1.51. The fourth-order valence-electron chi connectivity index (χ4n) is 1.28. The van der Waals surface area contributed by atoms with Gasteiger partial charge in [0.05, 0.1) is 0 Å². The van der Waals surface area contributed by atoms with Gasteiger partial charge >= 0.3 is 0 Å². The lowest BCUT2D eigenvalue weighted by Crippen LogP contribution is -2.40. The first-order valence-electron chi connectivity index (χ1n) is 5.72. The summed E-state index contributed by atoms with van der Waals surface area (Å²) in [6, 6.07) is 0. The third kappa shape index (κ3) is 4.66. The zero-order valence-electron chi connectivity index (χ0n) is 11.1. The Morgan fingerprint density at radius 2 is 2.00 bits per heavy atom. The smallest absolute Gasteiger partial charge is 0.273 e. The molecule has 0 aliphatic rings. The predicted molar refractivity (Wildman–Crippen MR) is 78.3 cm³/mol. The Morgan fingerprint density at radius 3 is 2.62 bits per heavy atom. The van der Waals surface area contributed by atoms with Crippen molar-refractivity contribution in [2.24, 2.45) is 4.99 Å². The molecular weight excluding hydrogens is 298 g/mol. The molecule has 0 atom stereocenters. The summed E-state index contributed by atoms with van der Waals surface area (Å²) in [5.41, 5.74) is 10.9. The Labute approximate surface area is 125 Å². The van der Waals surface area contributed by atoms with Crippen LogP contribution >= 0.6 is 11.6 Å². The van der Waals surface area contributed by atoms with E-state index in [1.165, 1.54) is 7.05 Å². The highest BCUT2D eigenvalue weighted by atomic mass is 35.5. The molecule has 0 radical (unpaired) electrons. The number of rotatable bonds is 4. The molecule has 0 bridgehead atoms. The van der Waals surface area contributed by atoms with Gasteiger partial charge in [0.15, 0.2) is 28.7 Å². The van der Waals surface area contributed by atoms with Crippen LogP contribution in [0.25, 0.3) is 0 Å². The minimum absolute atomic E-state index is 0.0428. The fourth-order valence-corrected chi connectivity index (χ4v) is 1.41. The largest absolute Gasteiger partial charge is 0.382 e. The monoisotopic (exact) mass is 311 g/mol. The van der Waals surface area contributed by atoms with Gasteiger partial charge < -0.3 is 22.1 Å². The van der Waals surface area contributed by atoms with Gasteiger partial charge in [0, 0.05) is 20.1 Å². The predicted octanol–water partition coefficient (Wildman–Crippen LogP) is -1.33. The topological polar surface area (TPSA) is 167 Å². The molecule has 0 unspecified atom stereocenters. The number of carbonyl (C=O) groups excluding carboxylic acids is 1. The molecule has 0 aliphatic carbocycles. The number of nitrogens with zero attached hydrogens (tertiary/aromatic N) is 4. The number of guanidine groups is 1. The van der Waals surface area contributed by atoms with Gasteiger partial charge in [0.1, 0.15) is 0 Å². The SMILES string of the molecule is CN=C(NC#N)NCCNC(=O)c1nc(Cl)c(N)nc1N. The highest BCUT2D eigenvalue weighted by molar-refractivity contribution is 6.31. The second kappa shape index (κ2) is 7.71. The third-order valence-corrected chi connectivity index (χ3v) is 2.50. The fraction of sp³-hybridized carbons (Fsp3) is 0.300. The number of nitriles is 1. The van der Waals surface area contributed by atoms with Crippen molar-refractivity contribution in [2.45, 2.75) is 0 Å². The summed E-state index contributed by atoms with van der Waals surface area (Å²) in [6.07, 6.45) is 1.72. The van der Waals surface area contributed by atoms with Crippen molar-refractivity contribution in [2.75, 3.05) is 31.6 Å². The van der Waals surface area contributed by atoms with E-state index in [9.17, 15) is 4.79 Å². The second-order valence-corrected chi connectivity index (χ2v) is 3.98. The number of aliphatic imine (C=N–C) groups is 1. The van der Waals surface area contributed by atoms with Crippen LogP contribution in [0.2, 0.25) is 5.15 Å². The molecule has 1 amide bonds. The summed E-state index contributed by atoms with van der Waals surface area (Å²) in [6.45, 7) is 0.581. The van der Waals surface area contributed by atoms with Gasteiger partial charge in [-0.05, 0) is 0 Å². The van der Waals surface area contributed by atoms with Crippen LogP contribution in [0.1, 0.15) is 10.5 Å². The highest BCUT2D eigenvalue weighted by Crippen LogP contribution is 2.16. The molecule has 0 fully saturated rings. The normalized spacial score (nSPS) is 10.6. The zero-order chi connectivity index (χ0) is 15.8. The van der Waals surface area contributed by atoms with Crippen molar-refractivity contribution in [1.82, 2.24) is 25.9 Å². The van der Waals surface area contributed by atoms with E-state index in [-0.39, 0.29) is 29.0 Å². The van der Waals surface area contributed by atoms with Gasteiger partial charge in [0.25, 0.3) is 5.91 Å². The van der Waals surface area contributed by atoms with E-state index in [1.54, 1.807) is 6.19 Å². The van der Waals surface area contributed by atoms with E-state index < -0.39 is 5.91 Å². The number of hydrogen-bond acceptors (Lipinski definition) is 7. The first kappa shape index (κ1) is 16.3. The number of aromatic nitrogens is 2. The van der Waals surface area contributed by atoms with Gasteiger partial charge in [-0.25, -0.2) is 9.97 Å². The summed E-state index contributed by atoms with van der Waals surface area (Å²) in [5, 5.41) is 16.0. The quantitative estimate of drug-likeness (QED) is 0.150. The number of amides is 1. The first-order valence-corrected chi connectivity index (χ1v) is 6.09. The van der Waals surface area contributed by atoms with Crippen LogP contribution in [-0.4, -0.2) is 42.0 Å². The van der Waals surface area contributed by atoms with E-state index >= 15 is 0 Å². The molecule has 1 heterocycles. The summed E-state index contributed by atoms with van der Waals surface area (Å²) < 4.78 is 0. The maximum Gasteiger partial charge on any atom is 0.273 e. The minimum Gasteiger partial charge on any atom is -0.382 e. The Hall–Kier alpha value is -2.80. The Bertz CT molecular complexity index is 595. The van der Waals surface area contributed by atoms with E-state index in [0.717, 1.165) is 0 Å². The lowest BCUT2D eigenvalue weighted by atomic mass is 10.3. The molecule has 10 nitrogen and oxygen atoms in total. The lowest BCUT2D eigenvalue weighted by Gasteiger charge is -2.09. The van der Waals surface area contributed by atoms with Crippen LogP contribution in [0.15, 0.2) is 4.99 Å². The molecule has 21 heavy (non-hydrogen) atoms. The number of nitrogens with two attached hydrogens (primary N) is 2. The molecule has 1 aromatic heterocycles. The maximum atomic E-state index is 11.8. The molecule has 0 saturated carbocycles. The van der Waals surface area contributed by atoms with Crippen molar-refractivity contribution in [1.29, 1.82) is 5.26 Å². The molecule has 1 aromatic rings. The lowest BCUT2D eigenvalue weighted by molar-refractivity contribution is 0.0950. The Balaban J connectivity index is 2.52. The Kier molecular flexibility index (Phi) is 5.97. The zero-order valence-corrected chi connectivity index (χ0v) is 11.9. The first-order chi connectivity index (χ1) is 9.99. The van der Waals surface area contributed by atoms with E-state index in [1.807, 2.05) is 0 Å². The average Bonchev–Trinajstić information content (AvgIpc) is 2.45. The van der Waals surface area contributed by atoms with Crippen LogP contribution in [0.5, 0.6) is 0 Å². The van der Waals surface area contributed by atoms with Crippen LogP contribution in [0.3, 0.4) is 0 Å². The number of nitrogens with one attached hydrogen (secondary N) is 3. The van der Waals surface area contributed by atoms with E-state index in [4.69, 9.17) is 28.3 Å². The molecule has 112 valence electrons. The maximum absolute atomic E-state index is 11.8. The summed E-state index contributed by atoms with van der Waals surface area (Å²) >= 11 is 5.69. The standard InChI is InChI=1S/C10H14ClN9O/c1-15-10(18-4-12)17-3-2-16-9(21)5-7(13)20-8(14)6(11)19-5/h2-3H2,1H3,(H,16,21)(H4,13,14,20)(H2,15,17,18). The van der Waals surface area contributed by atoms with Gasteiger partial charge in [-0.15, -0.1) is 0 Å². The molecule has 11 heteroatoms. The number of halogens is 1. The van der Waals surface area contributed by atoms with Crippen LogP contribution in [0.4, 0.5) is 11.6 Å². The van der Waals surface area contributed by atoms with Gasteiger partial charge in [-0.1, -0.05) is 11.6 Å². The van der Waals surface area contributed by atoms with Crippen molar-refractivity contribution in [3.63, 3.8) is 0 Å². The number of hydrogen-bond donors (Lipinski definition) is 5. The summed E-state index contributed by atoms with van der Waals surface area (Å²) in [5.74, 6) is -0.392. The van der Waals surface area contributed by atoms with Crippen molar-refractivity contribution in [3.05, 3.63) is 10.8 Å². The minimum atomic E-state index is -0.535. The van der Waals surface area contributed by atoms with Gasteiger partial charge in [-0.3, -0.25) is 15.1 Å². The average molecular weight is 312 g/mol. The van der Waals surface area contributed by atoms with Crippen LogP contribution in [0, 0.1) is 11.5 Å². The van der Waals surface area contributed by atoms with E-state index in [0.29, 0.717) is 12.5 Å². The molecule has 0 aliphatic heterocycles. The molecule has 0 saturated heterocycles. The highest BCUT2D eigenvalue weighted by Gasteiger charge is 2.15. The van der Waals surface area contributed by atoms with Crippen LogP contribution < -0.4 is 27.4 Å². The molecule has 1 rings (SSSR count). The number of nitrogen functional groups attached to an aromatic ring is 2. The number of anilines is 2. The van der Waals surface area contributed by atoms with Crippen molar-refractivity contribution >= 4 is 35.1 Å². The molecular formula is C10H14ClN9O. The van der Waals surface area contributed by atoms with Gasteiger partial charge in [-0.2, -0.15) is 5.26 Å². The molecule has 7 N–H and O–H groups in total. The third-order valence-electron chi connectivity index (χ3n) is 2.22. The van der Waals surface area contributed by atoms with Gasteiger partial charge in [0.2, 0.25) is 5.96 Å². The Morgan fingerprint density at radius 1 is 1.33 bits per heavy atom. The second-order valence-electron chi connectivity index (χ2n) is 3.63. The number of carbonyl (C=O) groups is 1. The molecule has 0 spiro atoms. The molecule has 0 aromatic carbocycles. The summed E-state index contributed by atoms with van der Waals surface area (Å²) in [4.78, 5) is 23.1. The van der Waals surface area contributed by atoms with Crippen LogP contribution in [-0.2, 0) is 0 Å². The van der Waals surface area contributed by atoms with Crippen molar-refractivity contribution in [3.8, 4) is 6.19 Å². The van der Waals surface area contributed by atoms with E-state index in [2.05, 4.69) is 30.9 Å². The van der Waals surface area contributed by atoms with Crippen molar-refractivity contribution < 1.29 is 4.79 Å².